The number of hydrogen-bond donors (Lipinski definition) is 2. The average Bonchev–Trinajstić information content (AvgIpc) is 2.78. The van der Waals surface area contributed by atoms with Crippen LogP contribution in [0.25, 0.3) is 0 Å². The highest BCUT2D eigenvalue weighted by Crippen LogP contribution is 2.29. The quantitative estimate of drug-likeness (QED) is 0.420. The molecule has 0 spiro atoms. The van der Waals surface area contributed by atoms with Gasteiger partial charge in [-0.15, -0.1) is 0 Å². The summed E-state index contributed by atoms with van der Waals surface area (Å²) in [5.41, 5.74) is 0.377. The predicted octanol–water partition coefficient (Wildman–Crippen LogP) is 1.53. The van der Waals surface area contributed by atoms with Crippen LogP contribution in [-0.2, 0) is 24.3 Å². The lowest BCUT2D eigenvalue weighted by atomic mass is 9.96. The van der Waals surface area contributed by atoms with Gasteiger partial charge in [0, 0.05) is 38.9 Å². The van der Waals surface area contributed by atoms with E-state index in [1.165, 1.54) is 33.3 Å². The van der Waals surface area contributed by atoms with Crippen LogP contribution >= 0.6 is 0 Å². The molecule has 10 nitrogen and oxygen atoms in total. The lowest BCUT2D eigenvalue weighted by molar-refractivity contribution is -0.126. The number of amides is 2. The first-order chi connectivity index (χ1) is 16.0. The van der Waals surface area contributed by atoms with Crippen molar-refractivity contribution in [3.05, 3.63) is 18.2 Å². The van der Waals surface area contributed by atoms with Gasteiger partial charge in [0.1, 0.15) is 10.6 Å². The monoisotopic (exact) mass is 498 g/mol. The number of nitrogens with one attached hydrogen (secondary N) is 2. The van der Waals surface area contributed by atoms with Gasteiger partial charge in [-0.05, 0) is 64.4 Å². The largest absolute Gasteiger partial charge is 0.495 e. The Kier molecular flexibility index (Phi) is 10.7. The Morgan fingerprint density at radius 2 is 1.88 bits per heavy atom. The molecule has 192 valence electrons. The summed E-state index contributed by atoms with van der Waals surface area (Å²) in [6, 6.07) is 4.52. The van der Waals surface area contributed by atoms with Gasteiger partial charge in [0.15, 0.2) is 0 Å². The number of benzene rings is 1. The Bertz CT molecular complexity index is 927. The minimum absolute atomic E-state index is 0.0135. The van der Waals surface area contributed by atoms with Crippen LogP contribution in [0.1, 0.15) is 33.1 Å². The molecule has 1 aromatic carbocycles. The van der Waals surface area contributed by atoms with E-state index in [4.69, 9.17) is 9.47 Å². The topological polar surface area (TPSA) is 117 Å². The number of likely N-dealkylation sites (tertiary alicyclic amines) is 1. The van der Waals surface area contributed by atoms with Crippen molar-refractivity contribution < 1.29 is 27.5 Å². The van der Waals surface area contributed by atoms with Gasteiger partial charge >= 0.3 is 0 Å². The van der Waals surface area contributed by atoms with Crippen molar-refractivity contribution in [3.63, 3.8) is 0 Å². The van der Waals surface area contributed by atoms with Crippen molar-refractivity contribution in [2.45, 2.75) is 44.1 Å². The van der Waals surface area contributed by atoms with Crippen molar-refractivity contribution >= 4 is 27.5 Å². The van der Waals surface area contributed by atoms with Crippen LogP contribution < -0.4 is 15.4 Å². The van der Waals surface area contributed by atoms with E-state index in [0.717, 1.165) is 10.7 Å². The SMILES string of the molecule is COc1ccc(NC(=O)CN2CCC(C(=O)NCCCOC(C)C)CC2)cc1S(=O)(=O)N(C)C. The number of methoxy groups -OCH3 is 1. The summed E-state index contributed by atoms with van der Waals surface area (Å²) in [5, 5.41) is 5.73. The van der Waals surface area contributed by atoms with Crippen LogP contribution in [0.5, 0.6) is 5.75 Å². The first-order valence-electron chi connectivity index (χ1n) is 11.6. The summed E-state index contributed by atoms with van der Waals surface area (Å²) >= 11 is 0. The highest BCUT2D eigenvalue weighted by Gasteiger charge is 2.26. The van der Waals surface area contributed by atoms with E-state index in [0.29, 0.717) is 44.8 Å². The second-order valence-electron chi connectivity index (χ2n) is 8.82. The lowest BCUT2D eigenvalue weighted by Crippen LogP contribution is -2.43. The third kappa shape index (κ3) is 8.23. The summed E-state index contributed by atoms with van der Waals surface area (Å²) in [6.45, 7) is 6.65. The summed E-state index contributed by atoms with van der Waals surface area (Å²) < 4.78 is 36.9. The highest BCUT2D eigenvalue weighted by molar-refractivity contribution is 7.89. The number of ether oxygens (including phenoxy) is 2. The molecular formula is C23H38N4O6S. The Labute approximate surface area is 203 Å². The number of carbonyl (C=O) groups excluding carboxylic acids is 2. The van der Waals surface area contributed by atoms with Crippen LogP contribution in [0.2, 0.25) is 0 Å². The lowest BCUT2D eigenvalue weighted by Gasteiger charge is -2.30. The van der Waals surface area contributed by atoms with Crippen molar-refractivity contribution in [1.82, 2.24) is 14.5 Å². The van der Waals surface area contributed by atoms with Crippen molar-refractivity contribution in [2.75, 3.05) is 59.3 Å². The van der Waals surface area contributed by atoms with Crippen molar-refractivity contribution in [3.8, 4) is 5.75 Å². The molecule has 0 saturated carbocycles. The van der Waals surface area contributed by atoms with E-state index < -0.39 is 10.0 Å². The molecular weight excluding hydrogens is 460 g/mol. The fourth-order valence-corrected chi connectivity index (χ4v) is 4.73. The first kappa shape index (κ1) is 28.0. The maximum absolute atomic E-state index is 12.6. The number of anilines is 1. The zero-order chi connectivity index (χ0) is 25.3. The number of nitrogens with zero attached hydrogens (tertiary/aromatic N) is 2. The molecule has 34 heavy (non-hydrogen) atoms. The van der Waals surface area contributed by atoms with Gasteiger partial charge in [0.25, 0.3) is 0 Å². The van der Waals surface area contributed by atoms with Gasteiger partial charge in [0.05, 0.1) is 19.8 Å². The Morgan fingerprint density at radius 1 is 1.21 bits per heavy atom. The zero-order valence-corrected chi connectivity index (χ0v) is 21.6. The van der Waals surface area contributed by atoms with Crippen molar-refractivity contribution in [1.29, 1.82) is 0 Å². The summed E-state index contributed by atoms with van der Waals surface area (Å²) in [7, 11) is 0.536. The second kappa shape index (κ2) is 13.0. The van der Waals surface area contributed by atoms with E-state index in [1.807, 2.05) is 18.7 Å². The summed E-state index contributed by atoms with van der Waals surface area (Å²) in [6.07, 6.45) is 2.35. The molecule has 0 atom stereocenters. The normalized spacial score (nSPS) is 15.5. The molecule has 0 aliphatic carbocycles. The van der Waals surface area contributed by atoms with Crippen LogP contribution in [0.4, 0.5) is 5.69 Å². The molecule has 0 bridgehead atoms. The molecule has 0 radical (unpaired) electrons. The summed E-state index contributed by atoms with van der Waals surface area (Å²) in [5.74, 6) is -0.0295. The minimum Gasteiger partial charge on any atom is -0.495 e. The maximum Gasteiger partial charge on any atom is 0.246 e. The van der Waals surface area contributed by atoms with Crippen LogP contribution in [0.15, 0.2) is 23.1 Å². The predicted molar refractivity (Wildman–Crippen MR) is 130 cm³/mol. The Balaban J connectivity index is 1.82. The smallest absolute Gasteiger partial charge is 0.246 e. The first-order valence-corrected chi connectivity index (χ1v) is 13.0. The van der Waals surface area contributed by atoms with Gasteiger partial charge in [-0.2, -0.15) is 0 Å². The molecule has 1 aliphatic heterocycles. The van der Waals surface area contributed by atoms with E-state index >= 15 is 0 Å². The van der Waals surface area contributed by atoms with Crippen LogP contribution in [-0.4, -0.2) is 89.5 Å². The molecule has 1 aromatic rings. The van der Waals surface area contributed by atoms with Crippen LogP contribution in [0.3, 0.4) is 0 Å². The maximum atomic E-state index is 12.6. The van der Waals surface area contributed by atoms with E-state index in [9.17, 15) is 18.0 Å². The minimum atomic E-state index is -3.73. The fourth-order valence-electron chi connectivity index (χ4n) is 3.66. The third-order valence-corrected chi connectivity index (χ3v) is 7.44. The van der Waals surface area contributed by atoms with Gasteiger partial charge in [-0.3, -0.25) is 14.5 Å². The number of piperidine rings is 1. The highest BCUT2D eigenvalue weighted by atomic mass is 32.2. The molecule has 2 N–H and O–H groups in total. The molecule has 1 aliphatic rings. The number of rotatable bonds is 12. The standard InChI is InChI=1S/C23H38N4O6S/c1-17(2)33-14-6-11-24-23(29)18-9-12-27(13-10-18)16-22(28)25-19-7-8-20(32-5)21(15-19)34(30,31)26(3)4/h7-8,15,17-18H,6,9-14,16H2,1-5H3,(H,24,29)(H,25,28). The average molecular weight is 499 g/mol. The number of carbonyl (C=O) groups is 2. The number of sulfonamides is 1. The molecule has 1 fully saturated rings. The fraction of sp³-hybridized carbons (Fsp3) is 0.652. The Hall–Kier alpha value is -2.21. The molecule has 2 rings (SSSR count). The van der Waals surface area contributed by atoms with Crippen LogP contribution in [0, 0.1) is 5.92 Å². The zero-order valence-electron chi connectivity index (χ0n) is 20.8. The third-order valence-electron chi connectivity index (χ3n) is 5.60. The Morgan fingerprint density at radius 3 is 2.47 bits per heavy atom. The molecule has 1 heterocycles. The summed E-state index contributed by atoms with van der Waals surface area (Å²) in [4.78, 5) is 26.9. The molecule has 0 aromatic heterocycles. The molecule has 2 amide bonds. The van der Waals surface area contributed by atoms with Gasteiger partial charge in [-0.25, -0.2) is 12.7 Å². The molecule has 0 unspecified atom stereocenters. The van der Waals surface area contributed by atoms with Gasteiger partial charge in [0.2, 0.25) is 21.8 Å². The molecule has 11 heteroatoms. The number of hydrogen-bond acceptors (Lipinski definition) is 7. The van der Waals surface area contributed by atoms with E-state index in [2.05, 4.69) is 10.6 Å². The van der Waals surface area contributed by atoms with Gasteiger partial charge < -0.3 is 20.1 Å². The molecule has 1 saturated heterocycles. The van der Waals surface area contributed by atoms with Gasteiger partial charge in [-0.1, -0.05) is 0 Å². The second-order valence-corrected chi connectivity index (χ2v) is 10.9. The van der Waals surface area contributed by atoms with E-state index in [1.54, 1.807) is 6.07 Å². The van der Waals surface area contributed by atoms with Crippen molar-refractivity contribution in [2.24, 2.45) is 5.92 Å². The van der Waals surface area contributed by atoms with E-state index in [-0.39, 0.29) is 41.0 Å².